The lowest BCUT2D eigenvalue weighted by atomic mass is 9.53. The van der Waals surface area contributed by atoms with Crippen LogP contribution >= 0.6 is 0 Å². The summed E-state index contributed by atoms with van der Waals surface area (Å²) in [5, 5.41) is 3.03. The lowest BCUT2D eigenvalue weighted by Gasteiger charge is -2.56. The molecule has 4 aliphatic rings. The zero-order valence-corrected chi connectivity index (χ0v) is 10.7. The molecule has 4 nitrogen and oxygen atoms in total. The molecule has 0 saturated heterocycles. The lowest BCUT2D eigenvalue weighted by Crippen LogP contribution is -2.52. The molecule has 4 aliphatic carbocycles. The van der Waals surface area contributed by atoms with E-state index < -0.39 is 0 Å². The molecule has 1 aromatic rings. The molecule has 4 bridgehead atoms. The van der Waals surface area contributed by atoms with Crippen molar-refractivity contribution in [2.75, 3.05) is 0 Å². The topological polar surface area (TPSA) is 63.8 Å². The van der Waals surface area contributed by atoms with Crippen LogP contribution in [0.3, 0.4) is 0 Å². The molecule has 4 saturated carbocycles. The van der Waals surface area contributed by atoms with Crippen LogP contribution in [0, 0.1) is 17.8 Å². The van der Waals surface area contributed by atoms with Crippen LogP contribution in [0.2, 0.25) is 0 Å². The standard InChI is InChI=1S/C14H21N3O/c15-7-12-8-17(16-13(12)18)14-4-9-1-10(5-14)3-11(2-9)6-14/h8-11H,1-7,15H2,(H,16,18). The summed E-state index contributed by atoms with van der Waals surface area (Å²) in [5.74, 6) is 2.68. The average Bonchev–Trinajstić information content (AvgIpc) is 2.69. The van der Waals surface area contributed by atoms with Crippen molar-refractivity contribution in [3.63, 3.8) is 0 Å². The van der Waals surface area contributed by atoms with Crippen molar-refractivity contribution < 1.29 is 0 Å². The molecule has 0 spiro atoms. The molecule has 0 radical (unpaired) electrons. The third kappa shape index (κ3) is 1.38. The Morgan fingerprint density at radius 3 is 2.22 bits per heavy atom. The van der Waals surface area contributed by atoms with Gasteiger partial charge in [0.15, 0.2) is 0 Å². The molecule has 0 aliphatic heterocycles. The molecule has 4 heteroatoms. The van der Waals surface area contributed by atoms with E-state index in [1.807, 2.05) is 6.20 Å². The SMILES string of the molecule is NCc1cn(C23CC4CC(CC(C4)C2)C3)[nH]c1=O. The first kappa shape index (κ1) is 10.9. The largest absolute Gasteiger partial charge is 0.326 e. The molecule has 0 amide bonds. The van der Waals surface area contributed by atoms with E-state index >= 15 is 0 Å². The Bertz CT molecular complexity index is 492. The van der Waals surface area contributed by atoms with Gasteiger partial charge < -0.3 is 5.73 Å². The number of nitrogens with one attached hydrogen (secondary N) is 1. The van der Waals surface area contributed by atoms with Crippen LogP contribution in [0.15, 0.2) is 11.0 Å². The first-order valence-corrected chi connectivity index (χ1v) is 7.19. The molecule has 0 unspecified atom stereocenters. The summed E-state index contributed by atoms with van der Waals surface area (Å²) in [5.41, 5.74) is 6.57. The van der Waals surface area contributed by atoms with Gasteiger partial charge in [-0.1, -0.05) is 0 Å². The Hall–Kier alpha value is -1.03. The van der Waals surface area contributed by atoms with E-state index in [0.29, 0.717) is 6.54 Å². The van der Waals surface area contributed by atoms with Gasteiger partial charge in [-0.15, -0.1) is 0 Å². The molecule has 1 heterocycles. The summed E-state index contributed by atoms with van der Waals surface area (Å²) in [6.07, 6.45) is 10.0. The summed E-state index contributed by atoms with van der Waals surface area (Å²) in [4.78, 5) is 11.8. The average molecular weight is 247 g/mol. The van der Waals surface area contributed by atoms with Crippen molar-refractivity contribution in [2.24, 2.45) is 23.5 Å². The molecule has 4 fully saturated rings. The van der Waals surface area contributed by atoms with Crippen molar-refractivity contribution in [2.45, 2.75) is 50.6 Å². The summed E-state index contributed by atoms with van der Waals surface area (Å²) in [6, 6.07) is 0. The van der Waals surface area contributed by atoms with E-state index in [0.717, 1.165) is 23.3 Å². The number of H-pyrrole nitrogens is 1. The smallest absolute Gasteiger partial charge is 0.268 e. The third-order valence-corrected chi connectivity index (χ3v) is 5.54. The zero-order chi connectivity index (χ0) is 12.3. The second-order valence-corrected chi connectivity index (χ2v) is 6.81. The van der Waals surface area contributed by atoms with Gasteiger partial charge in [-0.3, -0.25) is 14.6 Å². The number of nitrogens with zero attached hydrogens (tertiary/aromatic N) is 1. The molecule has 3 N–H and O–H groups in total. The number of aromatic nitrogens is 2. The summed E-state index contributed by atoms with van der Waals surface area (Å²) >= 11 is 0. The molecule has 18 heavy (non-hydrogen) atoms. The summed E-state index contributed by atoms with van der Waals surface area (Å²) in [6.45, 7) is 0.342. The van der Waals surface area contributed by atoms with Crippen LogP contribution in [0.1, 0.15) is 44.1 Å². The highest BCUT2D eigenvalue weighted by Crippen LogP contribution is 2.58. The van der Waals surface area contributed by atoms with Gasteiger partial charge in [0, 0.05) is 12.7 Å². The monoisotopic (exact) mass is 247 g/mol. The van der Waals surface area contributed by atoms with E-state index in [1.54, 1.807) is 0 Å². The molecule has 5 rings (SSSR count). The van der Waals surface area contributed by atoms with Gasteiger partial charge in [0.25, 0.3) is 5.56 Å². The van der Waals surface area contributed by atoms with Gasteiger partial charge in [0.05, 0.1) is 11.1 Å². The Kier molecular flexibility index (Phi) is 2.11. The predicted octanol–water partition coefficient (Wildman–Crippen LogP) is 1.56. The van der Waals surface area contributed by atoms with Crippen LogP contribution < -0.4 is 11.3 Å². The van der Waals surface area contributed by atoms with Gasteiger partial charge >= 0.3 is 0 Å². The van der Waals surface area contributed by atoms with Crippen LogP contribution in [0.5, 0.6) is 0 Å². The van der Waals surface area contributed by atoms with Gasteiger partial charge in [0.1, 0.15) is 0 Å². The summed E-state index contributed by atoms with van der Waals surface area (Å²) < 4.78 is 2.13. The first-order chi connectivity index (χ1) is 8.68. The van der Waals surface area contributed by atoms with Crippen LogP contribution in [0.4, 0.5) is 0 Å². The zero-order valence-electron chi connectivity index (χ0n) is 10.7. The Morgan fingerprint density at radius 2 is 1.78 bits per heavy atom. The molecule has 98 valence electrons. The van der Waals surface area contributed by atoms with Crippen molar-refractivity contribution in [1.29, 1.82) is 0 Å². The van der Waals surface area contributed by atoms with Gasteiger partial charge in [-0.05, 0) is 56.3 Å². The van der Waals surface area contributed by atoms with Crippen LogP contribution in [0.25, 0.3) is 0 Å². The van der Waals surface area contributed by atoms with Crippen molar-refractivity contribution in [3.05, 3.63) is 22.1 Å². The van der Waals surface area contributed by atoms with E-state index in [1.165, 1.54) is 38.5 Å². The number of aromatic amines is 1. The summed E-state index contributed by atoms with van der Waals surface area (Å²) in [7, 11) is 0. The van der Waals surface area contributed by atoms with E-state index in [2.05, 4.69) is 9.78 Å². The molecular formula is C14H21N3O. The van der Waals surface area contributed by atoms with Crippen molar-refractivity contribution >= 4 is 0 Å². The van der Waals surface area contributed by atoms with E-state index in [-0.39, 0.29) is 11.1 Å². The number of nitrogens with two attached hydrogens (primary N) is 1. The second kappa shape index (κ2) is 3.50. The fourth-order valence-corrected chi connectivity index (χ4v) is 5.19. The first-order valence-electron chi connectivity index (χ1n) is 7.19. The minimum absolute atomic E-state index is 0.00763. The lowest BCUT2D eigenvalue weighted by molar-refractivity contribution is -0.0496. The van der Waals surface area contributed by atoms with E-state index in [9.17, 15) is 4.79 Å². The molecule has 1 aromatic heterocycles. The van der Waals surface area contributed by atoms with Crippen molar-refractivity contribution in [1.82, 2.24) is 9.78 Å². The fraction of sp³-hybridized carbons (Fsp3) is 0.786. The van der Waals surface area contributed by atoms with E-state index in [4.69, 9.17) is 5.73 Å². The maximum atomic E-state index is 11.8. The van der Waals surface area contributed by atoms with Crippen LogP contribution in [-0.4, -0.2) is 9.78 Å². The minimum atomic E-state index is 0.00763. The number of rotatable bonds is 2. The fourth-order valence-electron chi connectivity index (χ4n) is 5.19. The highest BCUT2D eigenvalue weighted by molar-refractivity contribution is 5.10. The Balaban J connectivity index is 1.76. The van der Waals surface area contributed by atoms with Gasteiger partial charge in [0.2, 0.25) is 0 Å². The second-order valence-electron chi connectivity index (χ2n) is 6.81. The third-order valence-electron chi connectivity index (χ3n) is 5.54. The van der Waals surface area contributed by atoms with Crippen LogP contribution in [-0.2, 0) is 12.1 Å². The van der Waals surface area contributed by atoms with Gasteiger partial charge in [-0.2, -0.15) is 0 Å². The normalized spacial score (nSPS) is 41.5. The number of hydrogen-bond donors (Lipinski definition) is 2. The maximum absolute atomic E-state index is 11.8. The molecular weight excluding hydrogens is 226 g/mol. The maximum Gasteiger partial charge on any atom is 0.268 e. The van der Waals surface area contributed by atoms with Crippen molar-refractivity contribution in [3.8, 4) is 0 Å². The Labute approximate surface area is 107 Å². The Morgan fingerprint density at radius 1 is 1.22 bits per heavy atom. The minimum Gasteiger partial charge on any atom is -0.326 e. The molecule has 0 atom stereocenters. The quantitative estimate of drug-likeness (QED) is 0.833. The molecule has 0 aromatic carbocycles. The highest BCUT2D eigenvalue weighted by atomic mass is 16.1. The predicted molar refractivity (Wildman–Crippen MR) is 69.1 cm³/mol. The number of hydrogen-bond acceptors (Lipinski definition) is 2. The van der Waals surface area contributed by atoms with Gasteiger partial charge in [-0.25, -0.2) is 0 Å². The highest BCUT2D eigenvalue weighted by Gasteiger charge is 2.52.